The van der Waals surface area contributed by atoms with Gasteiger partial charge in [-0.2, -0.15) is 5.10 Å². The molecule has 0 amide bonds. The first-order valence-electron chi connectivity index (χ1n) is 8.14. The maximum Gasteiger partial charge on any atom is 0.380 e. The van der Waals surface area contributed by atoms with Crippen molar-refractivity contribution in [3.63, 3.8) is 0 Å². The number of para-hydroxylation sites is 2. The summed E-state index contributed by atoms with van der Waals surface area (Å²) >= 11 is 0. The monoisotopic (exact) mass is 366 g/mol. The van der Waals surface area contributed by atoms with E-state index in [1.165, 1.54) is 10.2 Å². The first kappa shape index (κ1) is 17.9. The molecule has 3 rings (SSSR count). The van der Waals surface area contributed by atoms with Crippen molar-refractivity contribution in [3.05, 3.63) is 60.7 Å². The molecule has 10 heteroatoms. The van der Waals surface area contributed by atoms with Crippen molar-refractivity contribution in [3.8, 4) is 0 Å². The Kier molecular flexibility index (Phi) is 5.57. The van der Waals surface area contributed by atoms with E-state index in [0.717, 1.165) is 6.34 Å². The van der Waals surface area contributed by atoms with Crippen molar-refractivity contribution >= 4 is 29.5 Å². The van der Waals surface area contributed by atoms with Crippen LogP contribution in [0, 0.1) is 0 Å². The van der Waals surface area contributed by atoms with E-state index in [2.05, 4.69) is 20.5 Å². The summed E-state index contributed by atoms with van der Waals surface area (Å²) in [5.41, 5.74) is 1.42. The van der Waals surface area contributed by atoms with Gasteiger partial charge in [-0.25, -0.2) is 4.79 Å². The Bertz CT molecular complexity index is 854. The molecule has 10 nitrogen and oxygen atoms in total. The minimum Gasteiger partial charge on any atom is -0.460 e. The third-order valence-electron chi connectivity index (χ3n) is 3.42. The number of esters is 1. The highest BCUT2D eigenvalue weighted by molar-refractivity contribution is 6.36. The molecule has 0 spiro atoms. The van der Waals surface area contributed by atoms with Crippen LogP contribution in [-0.4, -0.2) is 29.9 Å². The van der Waals surface area contributed by atoms with Gasteiger partial charge >= 0.3 is 5.97 Å². The Hall–Kier alpha value is -3.95. The molecule has 2 aromatic rings. The van der Waals surface area contributed by atoms with E-state index >= 15 is 0 Å². The van der Waals surface area contributed by atoms with E-state index < -0.39 is 5.97 Å². The van der Waals surface area contributed by atoms with Crippen LogP contribution in [0.15, 0.2) is 81.2 Å². The first-order chi connectivity index (χ1) is 13.3. The fraction of sp³-hybridized carbons (Fsp3) is 0.118. The van der Waals surface area contributed by atoms with Gasteiger partial charge in [-0.3, -0.25) is 0 Å². The third kappa shape index (κ3) is 3.84. The number of hydrazine groups is 2. The third-order valence-corrected chi connectivity index (χ3v) is 3.42. The Morgan fingerprint density at radius 2 is 1.74 bits per heavy atom. The number of hydrazone groups is 2. The predicted molar refractivity (Wildman–Crippen MR) is 101 cm³/mol. The van der Waals surface area contributed by atoms with Crippen molar-refractivity contribution < 1.29 is 9.53 Å². The molecule has 0 saturated heterocycles. The lowest BCUT2D eigenvalue weighted by atomic mass is 10.3. The summed E-state index contributed by atoms with van der Waals surface area (Å²) in [4.78, 5) is 12.4. The molecule has 0 bridgehead atoms. The molecule has 0 aliphatic carbocycles. The van der Waals surface area contributed by atoms with E-state index in [0.29, 0.717) is 11.4 Å². The van der Waals surface area contributed by atoms with Gasteiger partial charge in [-0.1, -0.05) is 36.4 Å². The van der Waals surface area contributed by atoms with Crippen LogP contribution in [0.25, 0.3) is 0 Å². The van der Waals surface area contributed by atoms with E-state index in [1.807, 2.05) is 60.7 Å². The van der Waals surface area contributed by atoms with Crippen LogP contribution in [0.5, 0.6) is 0 Å². The molecular weight excluding hydrogens is 348 g/mol. The number of rotatable bonds is 6. The molecule has 138 valence electrons. The molecule has 2 N–H and O–H groups in total. The molecule has 0 unspecified atom stereocenters. The number of anilines is 2. The molecule has 1 aliphatic rings. The highest BCUT2D eigenvalue weighted by Gasteiger charge is 2.39. The molecule has 1 heterocycles. The van der Waals surface area contributed by atoms with Crippen LogP contribution in [0.3, 0.4) is 0 Å². The van der Waals surface area contributed by atoms with Crippen molar-refractivity contribution in [2.75, 3.05) is 16.8 Å². The molecule has 0 fully saturated rings. The summed E-state index contributed by atoms with van der Waals surface area (Å²) in [7, 11) is 0. The summed E-state index contributed by atoms with van der Waals surface area (Å²) in [6.45, 7) is 1.91. The molecule has 27 heavy (non-hydrogen) atoms. The second kappa shape index (κ2) is 8.43. The van der Waals surface area contributed by atoms with Crippen molar-refractivity contribution in [2.45, 2.75) is 6.92 Å². The Morgan fingerprint density at radius 1 is 1.11 bits per heavy atom. The van der Waals surface area contributed by atoms with Gasteiger partial charge < -0.3 is 10.6 Å². The number of carbonyl (C=O) groups excluding carboxylic acids is 1. The summed E-state index contributed by atoms with van der Waals surface area (Å²) in [6.07, 6.45) is 1.05. The average Bonchev–Trinajstić information content (AvgIpc) is 3.09. The van der Waals surface area contributed by atoms with Crippen molar-refractivity contribution in [2.24, 2.45) is 26.4 Å². The summed E-state index contributed by atoms with van der Waals surface area (Å²) in [5.74, 6) is 4.38. The van der Waals surface area contributed by atoms with Gasteiger partial charge in [0.2, 0.25) is 0 Å². The normalized spacial score (nSPS) is 14.3. The van der Waals surface area contributed by atoms with Crippen LogP contribution in [-0.2, 0) is 9.53 Å². The average molecular weight is 366 g/mol. The molecule has 0 saturated carbocycles. The number of nitrogens with two attached hydrogens (primary N) is 1. The van der Waals surface area contributed by atoms with Gasteiger partial charge in [-0.05, 0) is 36.4 Å². The van der Waals surface area contributed by atoms with E-state index in [4.69, 9.17) is 10.6 Å². The first-order valence-corrected chi connectivity index (χ1v) is 8.14. The van der Waals surface area contributed by atoms with Gasteiger partial charge in [0.05, 0.1) is 18.0 Å². The van der Waals surface area contributed by atoms with Gasteiger partial charge in [0.15, 0.2) is 6.34 Å². The maximum atomic E-state index is 12.4. The van der Waals surface area contributed by atoms with Gasteiger partial charge in [0, 0.05) is 0 Å². The fourth-order valence-corrected chi connectivity index (χ4v) is 2.35. The lowest BCUT2D eigenvalue weighted by Gasteiger charge is -2.31. The largest absolute Gasteiger partial charge is 0.460 e. The topological polar surface area (TPSA) is 111 Å². The molecule has 2 aromatic carbocycles. The zero-order valence-electron chi connectivity index (χ0n) is 14.6. The summed E-state index contributed by atoms with van der Waals surface area (Å²) < 4.78 is 5.11. The quantitative estimate of drug-likeness (QED) is 0.210. The number of nitrogens with zero attached hydrogens (tertiary/aromatic N) is 7. The lowest BCUT2D eigenvalue weighted by molar-refractivity contribution is -0.135. The summed E-state index contributed by atoms with van der Waals surface area (Å²) in [5, 5.41) is 19.8. The highest BCUT2D eigenvalue weighted by Crippen LogP contribution is 2.29. The molecule has 0 atom stereocenters. The fourth-order valence-electron chi connectivity index (χ4n) is 2.35. The number of amidine groups is 1. The number of benzene rings is 2. The molecule has 0 radical (unpaired) electrons. The van der Waals surface area contributed by atoms with Crippen LogP contribution in [0.1, 0.15) is 6.92 Å². The van der Waals surface area contributed by atoms with E-state index in [9.17, 15) is 4.79 Å². The number of hydrogen-bond donors (Lipinski definition) is 1. The van der Waals surface area contributed by atoms with Gasteiger partial charge in [0.25, 0.3) is 5.84 Å². The number of ether oxygens (including phenoxy) is 1. The minimum atomic E-state index is -0.638. The van der Waals surface area contributed by atoms with Gasteiger partial charge in [0.1, 0.15) is 0 Å². The standard InChI is InChI=1S/C17H18N8O2/c1-2-27-17(26)16-21-23(14-9-5-3-6-10-14)25(15-11-7-4-8-12-15)24(16)22-20-13-19-18/h3-13H,2,18H2,1H3. The highest BCUT2D eigenvalue weighted by atomic mass is 16.5. The second-order valence-electron chi connectivity index (χ2n) is 5.15. The second-order valence-corrected chi connectivity index (χ2v) is 5.15. The SMILES string of the molecule is CCOC(=O)C1=NN(c2ccccc2)N(c2ccccc2)N1N=NC=NN. The lowest BCUT2D eigenvalue weighted by Crippen LogP contribution is -2.46. The Balaban J connectivity index is 2.09. The molecule has 0 aromatic heterocycles. The van der Waals surface area contributed by atoms with E-state index in [1.54, 1.807) is 12.0 Å². The number of carbonyl (C=O) groups is 1. The van der Waals surface area contributed by atoms with Crippen LogP contribution in [0.2, 0.25) is 0 Å². The molecule has 1 aliphatic heterocycles. The maximum absolute atomic E-state index is 12.4. The zero-order chi connectivity index (χ0) is 19.1. The minimum absolute atomic E-state index is 0.0567. The van der Waals surface area contributed by atoms with Crippen LogP contribution in [0.4, 0.5) is 11.4 Å². The Morgan fingerprint density at radius 3 is 2.33 bits per heavy atom. The zero-order valence-corrected chi connectivity index (χ0v) is 14.6. The molecular formula is C17H18N8O2. The van der Waals surface area contributed by atoms with Crippen molar-refractivity contribution in [1.29, 1.82) is 0 Å². The summed E-state index contributed by atoms with van der Waals surface area (Å²) in [6, 6.07) is 18.6. The Labute approximate surface area is 155 Å². The van der Waals surface area contributed by atoms with Crippen LogP contribution >= 0.6 is 0 Å². The van der Waals surface area contributed by atoms with Crippen molar-refractivity contribution in [1.82, 2.24) is 5.12 Å². The number of hydrogen-bond acceptors (Lipinski definition) is 8. The predicted octanol–water partition coefficient (Wildman–Crippen LogP) is 2.29. The smallest absolute Gasteiger partial charge is 0.380 e. The van der Waals surface area contributed by atoms with E-state index in [-0.39, 0.29) is 12.4 Å². The van der Waals surface area contributed by atoms with Crippen LogP contribution < -0.4 is 16.1 Å². The van der Waals surface area contributed by atoms with Gasteiger partial charge in [-0.15, -0.1) is 25.6 Å².